The van der Waals surface area contributed by atoms with Crippen molar-refractivity contribution in [2.24, 2.45) is 5.92 Å². The molecule has 0 N–H and O–H groups in total. The summed E-state index contributed by atoms with van der Waals surface area (Å²) in [6.07, 6.45) is -0.337. The maximum Gasteiger partial charge on any atom is 0.331 e. The molecule has 3 rings (SSSR count). The van der Waals surface area contributed by atoms with Crippen LogP contribution in [-0.2, 0) is 24.5 Å². The molecular formula is C22H19FN2O4. The zero-order chi connectivity index (χ0) is 21.2. The van der Waals surface area contributed by atoms with Crippen LogP contribution < -0.4 is 4.90 Å². The molecule has 0 radical (unpaired) electrons. The number of ether oxygens (including phenoxy) is 1. The van der Waals surface area contributed by atoms with Crippen molar-refractivity contribution in [3.05, 3.63) is 65.5 Å². The lowest BCUT2D eigenvalue weighted by atomic mass is 9.70. The number of nitrogens with zero attached hydrogens (tertiary/aromatic N) is 2. The van der Waals surface area contributed by atoms with Crippen LogP contribution in [0.5, 0.6) is 0 Å². The second-order valence-corrected chi connectivity index (χ2v) is 6.81. The predicted octanol–water partition coefficient (Wildman–Crippen LogP) is 3.04. The summed E-state index contributed by atoms with van der Waals surface area (Å²) in [4.78, 5) is 39.7. The van der Waals surface area contributed by atoms with Crippen LogP contribution in [0.2, 0.25) is 0 Å². The molecule has 0 unspecified atom stereocenters. The van der Waals surface area contributed by atoms with Crippen molar-refractivity contribution in [1.82, 2.24) is 0 Å². The molecule has 1 aliphatic rings. The van der Waals surface area contributed by atoms with Crippen molar-refractivity contribution in [2.45, 2.75) is 25.7 Å². The highest BCUT2D eigenvalue weighted by Crippen LogP contribution is 2.41. The van der Waals surface area contributed by atoms with E-state index >= 15 is 0 Å². The Labute approximate surface area is 167 Å². The summed E-state index contributed by atoms with van der Waals surface area (Å²) in [5.74, 6) is -3.91. The minimum absolute atomic E-state index is 0.0185. The summed E-state index contributed by atoms with van der Waals surface area (Å²) < 4.78 is 18.4. The molecular weight excluding hydrogens is 375 g/mol. The maximum absolute atomic E-state index is 13.2. The van der Waals surface area contributed by atoms with E-state index in [0.29, 0.717) is 0 Å². The molecule has 1 heterocycles. The Morgan fingerprint density at radius 2 is 1.83 bits per heavy atom. The quantitative estimate of drug-likeness (QED) is 0.575. The number of hydrogen-bond acceptors (Lipinski definition) is 5. The number of hydrogen-bond donors (Lipinski definition) is 0. The van der Waals surface area contributed by atoms with Gasteiger partial charge in [-0.25, -0.2) is 9.18 Å². The van der Waals surface area contributed by atoms with E-state index in [1.807, 2.05) is 13.0 Å². The van der Waals surface area contributed by atoms with Crippen LogP contribution >= 0.6 is 0 Å². The fourth-order valence-electron chi connectivity index (χ4n) is 3.54. The number of anilines is 1. The summed E-state index contributed by atoms with van der Waals surface area (Å²) in [6, 6.07) is 13.5. The number of benzene rings is 2. The summed E-state index contributed by atoms with van der Waals surface area (Å²) in [7, 11) is 0. The first kappa shape index (κ1) is 20.2. The Balaban J connectivity index is 2.11. The maximum atomic E-state index is 13.2. The molecule has 2 atom stereocenters. The second kappa shape index (κ2) is 7.84. The summed E-state index contributed by atoms with van der Waals surface area (Å²) >= 11 is 0. The molecule has 0 spiro atoms. The van der Waals surface area contributed by atoms with Gasteiger partial charge >= 0.3 is 5.97 Å². The van der Waals surface area contributed by atoms with Gasteiger partial charge in [-0.3, -0.25) is 14.5 Å². The number of carbonyl (C=O) groups excluding carboxylic acids is 3. The lowest BCUT2D eigenvalue weighted by Gasteiger charge is -2.29. The topological polar surface area (TPSA) is 87.5 Å². The van der Waals surface area contributed by atoms with Crippen molar-refractivity contribution < 1.29 is 23.5 Å². The van der Waals surface area contributed by atoms with Crippen LogP contribution in [0.3, 0.4) is 0 Å². The predicted molar refractivity (Wildman–Crippen MR) is 102 cm³/mol. The standard InChI is InChI=1S/C22H19FN2O4/c1-3-29-21(28)22(13-24,15-6-4-14(2)5-7-15)18-12-19(26)25(20(18)27)17-10-8-16(23)9-11-17/h4-11,18H,3,12H2,1-2H3/t18-,22-/m1/s1. The summed E-state index contributed by atoms with van der Waals surface area (Å²) in [5, 5.41) is 10.1. The Bertz CT molecular complexity index is 995. The van der Waals surface area contributed by atoms with Crippen molar-refractivity contribution in [3.63, 3.8) is 0 Å². The van der Waals surface area contributed by atoms with Gasteiger partial charge in [0, 0.05) is 6.42 Å². The highest BCUT2D eigenvalue weighted by Gasteiger charge is 2.58. The third-order valence-corrected chi connectivity index (χ3v) is 5.03. The Morgan fingerprint density at radius 1 is 1.21 bits per heavy atom. The first-order chi connectivity index (χ1) is 13.8. The van der Waals surface area contributed by atoms with Crippen molar-refractivity contribution in [2.75, 3.05) is 11.5 Å². The first-order valence-corrected chi connectivity index (χ1v) is 9.13. The normalized spacial score (nSPS) is 18.3. The van der Waals surface area contributed by atoms with Crippen LogP contribution in [0.1, 0.15) is 24.5 Å². The molecule has 7 heteroatoms. The third kappa shape index (κ3) is 3.38. The smallest absolute Gasteiger partial charge is 0.331 e. The van der Waals surface area contributed by atoms with Gasteiger partial charge in [-0.15, -0.1) is 0 Å². The molecule has 2 amide bonds. The van der Waals surface area contributed by atoms with E-state index in [4.69, 9.17) is 4.74 Å². The van der Waals surface area contributed by atoms with E-state index < -0.39 is 34.9 Å². The fourth-order valence-corrected chi connectivity index (χ4v) is 3.54. The molecule has 29 heavy (non-hydrogen) atoms. The largest absolute Gasteiger partial charge is 0.465 e. The average Bonchev–Trinajstić information content (AvgIpc) is 3.00. The monoisotopic (exact) mass is 394 g/mol. The number of carbonyl (C=O) groups is 3. The molecule has 0 aliphatic carbocycles. The highest BCUT2D eigenvalue weighted by molar-refractivity contribution is 6.22. The van der Waals surface area contributed by atoms with Gasteiger partial charge in [-0.1, -0.05) is 29.8 Å². The van der Waals surface area contributed by atoms with Gasteiger partial charge < -0.3 is 4.74 Å². The van der Waals surface area contributed by atoms with Gasteiger partial charge in [0.1, 0.15) is 5.82 Å². The molecule has 6 nitrogen and oxygen atoms in total. The second-order valence-electron chi connectivity index (χ2n) is 6.81. The van der Waals surface area contributed by atoms with E-state index in [1.54, 1.807) is 31.2 Å². The zero-order valence-corrected chi connectivity index (χ0v) is 16.0. The fraction of sp³-hybridized carbons (Fsp3) is 0.273. The molecule has 148 valence electrons. The Hall–Kier alpha value is -3.53. The van der Waals surface area contributed by atoms with E-state index in [1.165, 1.54) is 12.1 Å². The summed E-state index contributed by atoms with van der Waals surface area (Å²) in [6.45, 7) is 3.47. The molecule has 0 saturated carbocycles. The minimum Gasteiger partial charge on any atom is -0.465 e. The third-order valence-electron chi connectivity index (χ3n) is 5.03. The number of nitriles is 1. The lowest BCUT2D eigenvalue weighted by molar-refractivity contribution is -0.151. The number of imide groups is 1. The number of rotatable bonds is 5. The molecule has 1 aliphatic heterocycles. The Kier molecular flexibility index (Phi) is 5.46. The first-order valence-electron chi connectivity index (χ1n) is 9.13. The van der Waals surface area contributed by atoms with Crippen LogP contribution in [-0.4, -0.2) is 24.4 Å². The SMILES string of the molecule is CCOC(=O)[C@](C#N)(c1ccc(C)cc1)[C@@H]1CC(=O)N(c2ccc(F)cc2)C1=O. The van der Waals surface area contributed by atoms with Crippen LogP contribution in [0.25, 0.3) is 0 Å². The van der Waals surface area contributed by atoms with Crippen molar-refractivity contribution in [1.29, 1.82) is 5.26 Å². The van der Waals surface area contributed by atoms with Crippen molar-refractivity contribution in [3.8, 4) is 6.07 Å². The van der Waals surface area contributed by atoms with Crippen LogP contribution in [0.15, 0.2) is 48.5 Å². The lowest BCUT2D eigenvalue weighted by Crippen LogP contribution is -2.47. The number of amides is 2. The van der Waals surface area contributed by atoms with E-state index in [-0.39, 0.29) is 24.3 Å². The van der Waals surface area contributed by atoms with Gasteiger partial charge in [0.05, 0.1) is 24.3 Å². The van der Waals surface area contributed by atoms with Gasteiger partial charge in [-0.2, -0.15) is 5.26 Å². The molecule has 2 aromatic rings. The molecule has 0 aromatic heterocycles. The molecule has 1 fully saturated rings. The molecule has 1 saturated heterocycles. The van der Waals surface area contributed by atoms with Crippen LogP contribution in [0, 0.1) is 30.0 Å². The average molecular weight is 394 g/mol. The van der Waals surface area contributed by atoms with E-state index in [9.17, 15) is 24.0 Å². The highest BCUT2D eigenvalue weighted by atomic mass is 19.1. The molecule has 0 bridgehead atoms. The Morgan fingerprint density at radius 3 is 2.38 bits per heavy atom. The van der Waals surface area contributed by atoms with Gasteiger partial charge in [0.2, 0.25) is 11.8 Å². The van der Waals surface area contributed by atoms with Gasteiger partial charge in [-0.05, 0) is 43.7 Å². The number of esters is 1. The van der Waals surface area contributed by atoms with E-state index in [2.05, 4.69) is 0 Å². The van der Waals surface area contributed by atoms with Gasteiger partial charge in [0.25, 0.3) is 0 Å². The van der Waals surface area contributed by atoms with E-state index in [0.717, 1.165) is 22.6 Å². The zero-order valence-electron chi connectivity index (χ0n) is 16.0. The minimum atomic E-state index is -1.97. The van der Waals surface area contributed by atoms with Gasteiger partial charge in [0.15, 0.2) is 5.41 Å². The van der Waals surface area contributed by atoms with Crippen molar-refractivity contribution >= 4 is 23.5 Å². The number of aryl methyl sites for hydroxylation is 1. The van der Waals surface area contributed by atoms with Crippen LogP contribution in [0.4, 0.5) is 10.1 Å². The molecule has 2 aromatic carbocycles. The number of halogens is 1. The summed E-state index contributed by atoms with van der Waals surface area (Å²) in [5.41, 5.74) is -0.587.